The van der Waals surface area contributed by atoms with Crippen molar-refractivity contribution in [3.63, 3.8) is 0 Å². The number of rotatable bonds is 3. The van der Waals surface area contributed by atoms with Gasteiger partial charge in [0.2, 0.25) is 0 Å². The van der Waals surface area contributed by atoms with Crippen LogP contribution in [0.15, 0.2) is 12.1 Å². The molecule has 8 nitrogen and oxygen atoms in total. The molecule has 0 radical (unpaired) electrons. The lowest BCUT2D eigenvalue weighted by atomic mass is 9.81. The lowest BCUT2D eigenvalue weighted by molar-refractivity contribution is -0.125. The van der Waals surface area contributed by atoms with Crippen molar-refractivity contribution in [1.82, 2.24) is 10.3 Å². The first-order valence-corrected chi connectivity index (χ1v) is 9.86. The first kappa shape index (κ1) is 20.5. The monoisotopic (exact) mass is 412 g/mol. The van der Waals surface area contributed by atoms with Gasteiger partial charge in [-0.2, -0.15) is 0 Å². The molecule has 2 aliphatic rings. The molecule has 1 aliphatic carbocycles. The van der Waals surface area contributed by atoms with Crippen molar-refractivity contribution in [3.8, 4) is 5.75 Å². The van der Waals surface area contributed by atoms with E-state index in [0.29, 0.717) is 17.7 Å². The van der Waals surface area contributed by atoms with Gasteiger partial charge in [0, 0.05) is 29.8 Å². The number of phenols is 1. The number of phenolic OH excluding ortho intramolecular Hbond substituents is 1. The molecule has 1 aromatic carbocycles. The predicted octanol–water partition coefficient (Wildman–Crippen LogP) is 1.81. The molecule has 1 fully saturated rings. The quantitative estimate of drug-likeness (QED) is 0.483. The summed E-state index contributed by atoms with van der Waals surface area (Å²) in [7, 11) is 1.74. The second-order valence-corrected chi connectivity index (χ2v) is 7.97. The highest BCUT2D eigenvalue weighted by Crippen LogP contribution is 2.42. The van der Waals surface area contributed by atoms with Gasteiger partial charge < -0.3 is 25.3 Å². The largest absolute Gasteiger partial charge is 0.507 e. The number of aromatic nitrogens is 1. The van der Waals surface area contributed by atoms with Crippen molar-refractivity contribution in [2.45, 2.75) is 51.5 Å². The number of benzene rings is 1. The Balaban J connectivity index is 1.82. The molecule has 4 atom stereocenters. The smallest absolute Gasteiger partial charge is 0.200 e. The molecule has 4 rings (SSSR count). The van der Waals surface area contributed by atoms with Gasteiger partial charge in [-0.25, -0.2) is 0 Å². The van der Waals surface area contributed by atoms with Gasteiger partial charge >= 0.3 is 0 Å². The number of fused-ring (bicyclic) bond motifs is 2. The normalized spacial score (nSPS) is 25.8. The lowest BCUT2D eigenvalue weighted by Gasteiger charge is -2.38. The van der Waals surface area contributed by atoms with Gasteiger partial charge in [0.1, 0.15) is 5.75 Å². The Labute approximate surface area is 173 Å². The van der Waals surface area contributed by atoms with Crippen molar-refractivity contribution in [2.24, 2.45) is 0 Å². The molecule has 4 N–H and O–H groups in total. The van der Waals surface area contributed by atoms with E-state index < -0.39 is 29.9 Å². The molecular weight excluding hydrogens is 388 g/mol. The Morgan fingerprint density at radius 3 is 2.53 bits per heavy atom. The van der Waals surface area contributed by atoms with Gasteiger partial charge in [-0.1, -0.05) is 6.07 Å². The van der Waals surface area contributed by atoms with Crippen LogP contribution in [0.5, 0.6) is 5.75 Å². The number of ether oxygens (including phenoxy) is 1. The van der Waals surface area contributed by atoms with E-state index in [-0.39, 0.29) is 45.5 Å². The zero-order valence-electron chi connectivity index (χ0n) is 17.2. The molecule has 1 saturated heterocycles. The molecule has 0 spiro atoms. The third kappa shape index (κ3) is 2.83. The van der Waals surface area contributed by atoms with Crippen molar-refractivity contribution in [2.75, 3.05) is 7.05 Å². The zero-order valence-corrected chi connectivity index (χ0v) is 17.2. The van der Waals surface area contributed by atoms with Crippen LogP contribution >= 0.6 is 0 Å². The van der Waals surface area contributed by atoms with E-state index in [1.807, 2.05) is 0 Å². The Kier molecular flexibility index (Phi) is 4.88. The number of aromatic hydroxyl groups is 1. The zero-order chi connectivity index (χ0) is 21.9. The first-order chi connectivity index (χ1) is 14.2. The molecule has 30 heavy (non-hydrogen) atoms. The van der Waals surface area contributed by atoms with Crippen LogP contribution in [0.25, 0.3) is 0 Å². The molecule has 1 aromatic heterocycles. The van der Waals surface area contributed by atoms with E-state index in [2.05, 4.69) is 10.3 Å². The summed E-state index contributed by atoms with van der Waals surface area (Å²) in [6.45, 7) is 4.69. The van der Waals surface area contributed by atoms with Gasteiger partial charge in [0.05, 0.1) is 40.7 Å². The van der Waals surface area contributed by atoms with Crippen LogP contribution in [0.2, 0.25) is 0 Å². The fourth-order valence-electron chi connectivity index (χ4n) is 4.53. The fraction of sp³-hybridized carbons (Fsp3) is 0.409. The van der Waals surface area contributed by atoms with Gasteiger partial charge in [-0.15, -0.1) is 0 Å². The average Bonchev–Trinajstić information content (AvgIpc) is 3.06. The highest BCUT2D eigenvalue weighted by atomic mass is 16.5. The van der Waals surface area contributed by atoms with Crippen LogP contribution in [0.3, 0.4) is 0 Å². The van der Waals surface area contributed by atoms with Crippen LogP contribution in [-0.2, 0) is 4.74 Å². The summed E-state index contributed by atoms with van der Waals surface area (Å²) in [6.07, 6.45) is -1.36. The maximum absolute atomic E-state index is 13.3. The topological polar surface area (TPSA) is 129 Å². The lowest BCUT2D eigenvalue weighted by Crippen LogP contribution is -2.50. The number of likely N-dealkylation sites (N-methyl/N-ethyl adjacent to an activating group) is 1. The minimum Gasteiger partial charge on any atom is -0.507 e. The molecule has 1 aliphatic heterocycles. The summed E-state index contributed by atoms with van der Waals surface area (Å²) in [5.41, 5.74) is 1.06. The SMILES string of the molecule is CN[C@@H]1C[C@H](c2ccc3c(c2O)C(=O)c2c(C)[nH]c(C(C)=O)c2C3=O)O[C@H](C)[C@H]1O. The summed E-state index contributed by atoms with van der Waals surface area (Å²) in [6, 6.07) is 2.81. The number of aliphatic hydroxyl groups excluding tert-OH is 1. The number of hydrogen-bond donors (Lipinski definition) is 4. The second-order valence-electron chi connectivity index (χ2n) is 7.97. The maximum Gasteiger partial charge on any atom is 0.200 e. The fourth-order valence-corrected chi connectivity index (χ4v) is 4.53. The number of H-pyrrole nitrogens is 1. The number of carbonyl (C=O) groups is 3. The van der Waals surface area contributed by atoms with E-state index in [1.165, 1.54) is 13.0 Å². The number of nitrogens with one attached hydrogen (secondary N) is 2. The minimum atomic E-state index is -0.704. The van der Waals surface area contributed by atoms with Crippen LogP contribution in [-0.4, -0.2) is 57.8 Å². The number of aromatic amines is 1. The van der Waals surface area contributed by atoms with E-state index in [4.69, 9.17) is 4.74 Å². The Morgan fingerprint density at radius 1 is 1.20 bits per heavy atom. The van der Waals surface area contributed by atoms with Crippen molar-refractivity contribution >= 4 is 17.3 Å². The third-order valence-corrected chi connectivity index (χ3v) is 6.13. The Morgan fingerprint density at radius 2 is 1.90 bits per heavy atom. The molecule has 158 valence electrons. The molecule has 0 amide bonds. The maximum atomic E-state index is 13.3. The number of carbonyl (C=O) groups excluding carboxylic acids is 3. The minimum absolute atomic E-state index is 0.0595. The summed E-state index contributed by atoms with van der Waals surface area (Å²) >= 11 is 0. The molecule has 0 unspecified atom stereocenters. The summed E-state index contributed by atoms with van der Waals surface area (Å²) in [5, 5.41) is 24.3. The number of Topliss-reactive ketones (excluding diaryl/α,β-unsaturated/α-hetero) is 1. The Bertz CT molecular complexity index is 1090. The highest BCUT2D eigenvalue weighted by Gasteiger charge is 2.41. The van der Waals surface area contributed by atoms with Gasteiger partial charge in [-0.3, -0.25) is 14.4 Å². The predicted molar refractivity (Wildman–Crippen MR) is 107 cm³/mol. The molecular formula is C22H24N2O6. The molecule has 0 bridgehead atoms. The van der Waals surface area contributed by atoms with Crippen LogP contribution in [0, 0.1) is 6.92 Å². The average molecular weight is 412 g/mol. The number of ketones is 3. The van der Waals surface area contributed by atoms with Crippen LogP contribution < -0.4 is 5.32 Å². The number of hydrogen-bond acceptors (Lipinski definition) is 7. The van der Waals surface area contributed by atoms with E-state index in [0.717, 1.165) is 0 Å². The Hall–Kier alpha value is -2.81. The van der Waals surface area contributed by atoms with Gasteiger partial charge in [-0.05, 0) is 33.4 Å². The third-order valence-electron chi connectivity index (χ3n) is 6.13. The van der Waals surface area contributed by atoms with Gasteiger partial charge in [0.15, 0.2) is 17.3 Å². The summed E-state index contributed by atoms with van der Waals surface area (Å²) in [4.78, 5) is 41.2. The summed E-state index contributed by atoms with van der Waals surface area (Å²) < 4.78 is 5.88. The second kappa shape index (κ2) is 7.16. The highest BCUT2D eigenvalue weighted by molar-refractivity contribution is 6.32. The first-order valence-electron chi connectivity index (χ1n) is 9.86. The van der Waals surface area contributed by atoms with Crippen LogP contribution in [0.4, 0.5) is 0 Å². The van der Waals surface area contributed by atoms with Crippen LogP contribution in [0.1, 0.15) is 80.0 Å². The van der Waals surface area contributed by atoms with Crippen molar-refractivity contribution in [3.05, 3.63) is 51.3 Å². The number of aliphatic hydroxyl groups is 1. The number of aryl methyl sites for hydroxylation is 1. The van der Waals surface area contributed by atoms with E-state index in [9.17, 15) is 24.6 Å². The summed E-state index contributed by atoms with van der Waals surface area (Å²) in [5.74, 6) is -1.62. The molecule has 2 heterocycles. The van der Waals surface area contributed by atoms with Crippen molar-refractivity contribution < 1.29 is 29.3 Å². The van der Waals surface area contributed by atoms with Gasteiger partial charge in [0.25, 0.3) is 0 Å². The molecule has 0 saturated carbocycles. The van der Waals surface area contributed by atoms with E-state index >= 15 is 0 Å². The van der Waals surface area contributed by atoms with E-state index in [1.54, 1.807) is 27.0 Å². The molecule has 8 heteroatoms. The molecule has 2 aromatic rings. The standard InChI is InChI=1S/C22H24N2O6/c1-8-15-17(18(24-8)9(2)25)21(28)12-6-5-11(20(27)16(12)22(15)29)14-7-13(23-4)19(26)10(3)30-14/h5-6,10,13-14,19,23-24,26-27H,7H2,1-4H3/t10-,13-,14-,19-/m1/s1. The van der Waals surface area contributed by atoms with Crippen molar-refractivity contribution in [1.29, 1.82) is 0 Å².